The first kappa shape index (κ1) is 36.8. The molecule has 1 saturated carbocycles. The molecule has 0 radical (unpaired) electrons. The van der Waals surface area contributed by atoms with E-state index in [2.05, 4.69) is 29.7 Å². The van der Waals surface area contributed by atoms with Gasteiger partial charge in [-0.2, -0.15) is 4.91 Å². The van der Waals surface area contributed by atoms with Crippen LogP contribution < -0.4 is 22.1 Å². The van der Waals surface area contributed by atoms with Crippen LogP contribution in [0.1, 0.15) is 91.9 Å². The van der Waals surface area contributed by atoms with Crippen LogP contribution >= 0.6 is 0 Å². The number of amides is 1. The molecule has 11 heteroatoms. The molecule has 7 atom stereocenters. The first-order valence-electron chi connectivity index (χ1n) is 14.5. The molecule has 38 heavy (non-hydrogen) atoms. The molecule has 1 amide bonds. The predicted octanol–water partition coefficient (Wildman–Crippen LogP) is 2.16. The summed E-state index contributed by atoms with van der Waals surface area (Å²) in [5, 5.41) is 27.6. The molecule has 1 aliphatic carbocycles. The fraction of sp³-hybridized carbons (Fsp3) is 0.963. The Balaban J connectivity index is 0.000000700. The van der Waals surface area contributed by atoms with Crippen molar-refractivity contribution in [2.24, 2.45) is 22.6 Å². The van der Waals surface area contributed by atoms with E-state index in [1.54, 1.807) is 0 Å². The minimum absolute atomic E-state index is 0.111. The zero-order valence-electron chi connectivity index (χ0n) is 24.3. The van der Waals surface area contributed by atoms with Gasteiger partial charge in [-0.15, -0.1) is 0 Å². The number of nitrogens with one attached hydrogen (secondary N) is 2. The molecule has 6 unspecified atom stereocenters. The highest BCUT2D eigenvalue weighted by Crippen LogP contribution is 2.28. The second-order valence-corrected chi connectivity index (χ2v) is 10.4. The summed E-state index contributed by atoms with van der Waals surface area (Å²) in [6, 6.07) is -0.561. The number of aliphatic hydroxyl groups is 2. The van der Waals surface area contributed by atoms with Crippen molar-refractivity contribution < 1.29 is 24.5 Å². The first-order chi connectivity index (χ1) is 18.2. The van der Waals surface area contributed by atoms with E-state index in [4.69, 9.17) is 26.0 Å². The van der Waals surface area contributed by atoms with Gasteiger partial charge in [0.15, 0.2) is 6.29 Å². The Morgan fingerprint density at radius 3 is 2.47 bits per heavy atom. The van der Waals surface area contributed by atoms with Crippen molar-refractivity contribution in [2.45, 2.75) is 129 Å². The molecule has 0 spiro atoms. The van der Waals surface area contributed by atoms with Crippen LogP contribution in [0.25, 0.3) is 0 Å². The zero-order valence-corrected chi connectivity index (χ0v) is 24.3. The summed E-state index contributed by atoms with van der Waals surface area (Å²) >= 11 is 0. The van der Waals surface area contributed by atoms with E-state index in [9.17, 15) is 14.8 Å². The Morgan fingerprint density at radius 2 is 1.87 bits per heavy atom. The van der Waals surface area contributed by atoms with Gasteiger partial charge in [0.05, 0.1) is 24.9 Å². The molecule has 2 fully saturated rings. The first-order valence-corrected chi connectivity index (χ1v) is 14.5. The van der Waals surface area contributed by atoms with Gasteiger partial charge in [0, 0.05) is 32.0 Å². The Kier molecular flexibility index (Phi) is 22.9. The van der Waals surface area contributed by atoms with Gasteiger partial charge in [-0.1, -0.05) is 58.1 Å². The Hall–Kier alpha value is -1.21. The van der Waals surface area contributed by atoms with Crippen LogP contribution in [0.2, 0.25) is 0 Å². The molecular formula is C27H57N5O6. The van der Waals surface area contributed by atoms with E-state index < -0.39 is 24.5 Å². The molecule has 2 rings (SSSR count). The number of nitroso groups, excluding NO2 is 1. The lowest BCUT2D eigenvalue weighted by atomic mass is 9.86. The molecule has 1 saturated heterocycles. The highest BCUT2D eigenvalue weighted by molar-refractivity contribution is 5.73. The molecule has 226 valence electrons. The molecule has 0 aromatic heterocycles. The molecule has 1 aliphatic heterocycles. The monoisotopic (exact) mass is 547 g/mol. The normalized spacial score (nSPS) is 27.4. The van der Waals surface area contributed by atoms with Crippen molar-refractivity contribution in [3.8, 4) is 0 Å². The van der Waals surface area contributed by atoms with E-state index in [-0.39, 0.29) is 31.2 Å². The van der Waals surface area contributed by atoms with Crippen molar-refractivity contribution in [1.29, 1.82) is 0 Å². The van der Waals surface area contributed by atoms with Crippen LogP contribution in [0, 0.1) is 10.8 Å². The summed E-state index contributed by atoms with van der Waals surface area (Å²) in [5.41, 5.74) is 10.8. The fourth-order valence-electron chi connectivity index (χ4n) is 4.61. The smallest absolute Gasteiger partial charge is 0.217 e. The number of ether oxygens (including phenoxy) is 2. The predicted molar refractivity (Wildman–Crippen MR) is 151 cm³/mol. The third kappa shape index (κ3) is 18.1. The lowest BCUT2D eigenvalue weighted by Gasteiger charge is -2.38. The number of nitrogens with two attached hydrogens (primary N) is 2. The zero-order chi connectivity index (χ0) is 28.8. The van der Waals surface area contributed by atoms with Gasteiger partial charge in [0.1, 0.15) is 6.54 Å². The average Bonchev–Trinajstić information content (AvgIpc) is 3.30. The molecule has 8 N–H and O–H groups in total. The minimum atomic E-state index is -0.790. The number of carbonyl (C=O) groups is 1. The number of aliphatic hydroxyl groups excluding tert-OH is 2. The summed E-state index contributed by atoms with van der Waals surface area (Å²) in [6.07, 6.45) is 8.60. The minimum Gasteiger partial charge on any atom is -0.395 e. The molecule has 0 aromatic rings. The summed E-state index contributed by atoms with van der Waals surface area (Å²) in [5.74, 6) is 0.625. The van der Waals surface area contributed by atoms with E-state index in [1.165, 1.54) is 45.4 Å². The van der Waals surface area contributed by atoms with Crippen molar-refractivity contribution in [1.82, 2.24) is 10.6 Å². The maximum absolute atomic E-state index is 11.1. The average molecular weight is 548 g/mol. The van der Waals surface area contributed by atoms with Gasteiger partial charge < -0.3 is 41.8 Å². The molecule has 0 bridgehead atoms. The number of hydrogen-bond donors (Lipinski definition) is 6. The summed E-state index contributed by atoms with van der Waals surface area (Å²) in [6.45, 7) is 10.8. The highest BCUT2D eigenvalue weighted by Gasteiger charge is 2.39. The van der Waals surface area contributed by atoms with Crippen LogP contribution in [0.15, 0.2) is 5.18 Å². The van der Waals surface area contributed by atoms with Gasteiger partial charge >= 0.3 is 0 Å². The number of carbonyl (C=O) groups excluding carboxylic acids is 1. The fourth-order valence-corrected chi connectivity index (χ4v) is 4.61. The maximum Gasteiger partial charge on any atom is 0.217 e. The molecule has 2 aliphatic rings. The lowest BCUT2D eigenvalue weighted by molar-refractivity contribution is -0.194. The summed E-state index contributed by atoms with van der Waals surface area (Å²) in [7, 11) is 0. The lowest BCUT2D eigenvalue weighted by Crippen LogP contribution is -2.56. The maximum atomic E-state index is 11.1. The van der Waals surface area contributed by atoms with E-state index in [0.29, 0.717) is 25.7 Å². The Morgan fingerprint density at radius 1 is 1.18 bits per heavy atom. The number of rotatable bonds is 15. The van der Waals surface area contributed by atoms with Crippen LogP contribution in [0.4, 0.5) is 0 Å². The molecule has 11 nitrogen and oxygen atoms in total. The van der Waals surface area contributed by atoms with Crippen LogP contribution in [0.3, 0.4) is 0 Å². The largest absolute Gasteiger partial charge is 0.395 e. The summed E-state index contributed by atoms with van der Waals surface area (Å²) < 4.78 is 11.3. The standard InChI is InChI=1S/C13H23N3O5.C12H27NO.C2H7N/c1-7(17)16-8-4-10(14)13(18)11(5-8)21-12-3-2-9(20-12)6-15-19;1-3-4-5-6-7-8-12(2)11-13-9-10-14;1-2-3/h8-13,18H,2-6,14H2,1H3,(H,16,17);12-14H,3-11H2,1-2H3;2-3H2,1H3/t8?,9?,10?,11?,12?,13-;;/m1../s1. The van der Waals surface area contributed by atoms with Gasteiger partial charge in [-0.05, 0) is 44.7 Å². The van der Waals surface area contributed by atoms with Crippen LogP contribution in [0.5, 0.6) is 0 Å². The topological polar surface area (TPSA) is 182 Å². The second kappa shape index (κ2) is 23.7. The Bertz CT molecular complexity index is 588. The van der Waals surface area contributed by atoms with E-state index >= 15 is 0 Å². The van der Waals surface area contributed by atoms with Crippen molar-refractivity contribution in [3.63, 3.8) is 0 Å². The molecular weight excluding hydrogens is 490 g/mol. The van der Waals surface area contributed by atoms with Gasteiger partial charge in [0.2, 0.25) is 5.91 Å². The van der Waals surface area contributed by atoms with Crippen LogP contribution in [-0.2, 0) is 14.3 Å². The third-order valence-electron chi connectivity index (χ3n) is 6.56. The number of hydrogen-bond acceptors (Lipinski definition) is 10. The molecule has 1 heterocycles. The van der Waals surface area contributed by atoms with Crippen molar-refractivity contribution >= 4 is 5.91 Å². The van der Waals surface area contributed by atoms with Gasteiger partial charge in [-0.3, -0.25) is 4.79 Å². The van der Waals surface area contributed by atoms with Crippen molar-refractivity contribution in [3.05, 3.63) is 4.91 Å². The van der Waals surface area contributed by atoms with Gasteiger partial charge in [-0.25, -0.2) is 0 Å². The summed E-state index contributed by atoms with van der Waals surface area (Å²) in [4.78, 5) is 21.4. The van der Waals surface area contributed by atoms with Gasteiger partial charge in [0.25, 0.3) is 0 Å². The second-order valence-electron chi connectivity index (χ2n) is 10.4. The number of unbranched alkanes of at least 4 members (excludes halogenated alkanes) is 4. The number of nitrogens with zero attached hydrogens (tertiary/aromatic N) is 1. The quantitative estimate of drug-likeness (QED) is 0.132. The van der Waals surface area contributed by atoms with E-state index in [0.717, 1.165) is 25.6 Å². The van der Waals surface area contributed by atoms with Crippen molar-refractivity contribution in [2.75, 3.05) is 32.8 Å². The van der Waals surface area contributed by atoms with E-state index in [1.807, 2.05) is 6.92 Å². The molecule has 0 aromatic carbocycles. The Labute approximate surface area is 230 Å². The third-order valence-corrected chi connectivity index (χ3v) is 6.56. The SMILES string of the molecule is CC(=O)NC1CC(N)[C@@H](O)C(OC2CCC(CN=O)O2)C1.CCCCCCCC(C)CNCCO.CCN. The highest BCUT2D eigenvalue weighted by atomic mass is 16.7. The van der Waals surface area contributed by atoms with Crippen LogP contribution in [-0.4, -0.2) is 85.6 Å².